The first kappa shape index (κ1) is 16.3. The van der Waals surface area contributed by atoms with Crippen LogP contribution in [0.1, 0.15) is 0 Å². The van der Waals surface area contributed by atoms with Crippen LogP contribution in [0.4, 0.5) is 0 Å². The Labute approximate surface area is 155 Å². The van der Waals surface area contributed by atoms with E-state index in [1.54, 1.807) is 12.4 Å². The quantitative estimate of drug-likeness (QED) is 0.598. The maximum Gasteiger partial charge on any atom is 0.239 e. The number of amides is 1. The summed E-state index contributed by atoms with van der Waals surface area (Å²) in [6.07, 6.45) is 3.53. The highest BCUT2D eigenvalue weighted by molar-refractivity contribution is 6.31. The van der Waals surface area contributed by atoms with Gasteiger partial charge in [-0.3, -0.25) is 14.5 Å². The molecule has 4 aromatic rings. The van der Waals surface area contributed by atoms with E-state index in [4.69, 9.17) is 17.3 Å². The highest BCUT2D eigenvalue weighted by Gasteiger charge is 2.09. The van der Waals surface area contributed by atoms with Gasteiger partial charge in [-0.1, -0.05) is 35.9 Å². The number of nitrogens with two attached hydrogens (primary N) is 1. The zero-order chi connectivity index (χ0) is 18.1. The van der Waals surface area contributed by atoms with E-state index in [0.29, 0.717) is 5.02 Å². The van der Waals surface area contributed by atoms with Crippen molar-refractivity contribution in [2.75, 3.05) is 0 Å². The molecule has 6 heteroatoms. The second-order valence-electron chi connectivity index (χ2n) is 5.97. The third-order valence-electron chi connectivity index (χ3n) is 4.13. The van der Waals surface area contributed by atoms with Crippen molar-refractivity contribution < 1.29 is 4.79 Å². The zero-order valence-electron chi connectivity index (χ0n) is 13.8. The zero-order valence-corrected chi connectivity index (χ0v) is 14.5. The molecular formula is C20H15ClN4O. The Hall–Kier alpha value is -3.18. The van der Waals surface area contributed by atoms with E-state index in [0.717, 1.165) is 33.3 Å². The van der Waals surface area contributed by atoms with Crippen LogP contribution in [0.3, 0.4) is 0 Å². The lowest BCUT2D eigenvalue weighted by molar-refractivity contribution is -0.118. The fraction of sp³-hybridized carbons (Fsp3) is 0.0500. The minimum absolute atomic E-state index is 0.0649. The van der Waals surface area contributed by atoms with Gasteiger partial charge < -0.3 is 5.73 Å². The van der Waals surface area contributed by atoms with Crippen molar-refractivity contribution in [1.29, 1.82) is 0 Å². The molecule has 2 heterocycles. The number of nitrogens with zero attached hydrogens (tertiary/aromatic N) is 3. The standard InChI is InChI=1S/C20H15ClN4O/c21-15-4-5-17-16(6-8-23-19(17)11-15)13-2-1-3-14(10-13)18-7-9-25(24-18)12-20(22)26/h1-11H,12H2,(H2,22,26). The molecule has 0 radical (unpaired) electrons. The van der Waals surface area contributed by atoms with Crippen molar-refractivity contribution in [3.05, 3.63) is 72.0 Å². The summed E-state index contributed by atoms with van der Waals surface area (Å²) in [6.45, 7) is 0.0649. The van der Waals surface area contributed by atoms with Gasteiger partial charge in [0.1, 0.15) is 6.54 Å². The summed E-state index contributed by atoms with van der Waals surface area (Å²) in [6, 6.07) is 17.6. The van der Waals surface area contributed by atoms with Crippen LogP contribution < -0.4 is 5.73 Å². The smallest absolute Gasteiger partial charge is 0.239 e. The summed E-state index contributed by atoms with van der Waals surface area (Å²) in [5, 5.41) is 6.11. The second-order valence-corrected chi connectivity index (χ2v) is 6.40. The normalized spacial score (nSPS) is 11.0. The maximum absolute atomic E-state index is 11.0. The Balaban J connectivity index is 1.77. The topological polar surface area (TPSA) is 73.8 Å². The molecule has 0 unspecified atom stereocenters. The van der Waals surface area contributed by atoms with Crippen LogP contribution in [-0.4, -0.2) is 20.7 Å². The first-order chi connectivity index (χ1) is 12.6. The summed E-state index contributed by atoms with van der Waals surface area (Å²) in [5.74, 6) is -0.421. The first-order valence-electron chi connectivity index (χ1n) is 8.07. The van der Waals surface area contributed by atoms with Gasteiger partial charge in [0, 0.05) is 28.4 Å². The lowest BCUT2D eigenvalue weighted by atomic mass is 9.99. The van der Waals surface area contributed by atoms with E-state index in [-0.39, 0.29) is 6.54 Å². The molecule has 0 aliphatic rings. The van der Waals surface area contributed by atoms with Crippen LogP contribution in [0.15, 0.2) is 67.0 Å². The van der Waals surface area contributed by atoms with Gasteiger partial charge in [0.25, 0.3) is 0 Å². The Morgan fingerprint density at radius 1 is 1.08 bits per heavy atom. The van der Waals surface area contributed by atoms with Crippen molar-refractivity contribution in [2.24, 2.45) is 5.73 Å². The van der Waals surface area contributed by atoms with E-state index in [2.05, 4.69) is 16.1 Å². The molecule has 0 aliphatic heterocycles. The average molecular weight is 363 g/mol. The minimum Gasteiger partial charge on any atom is -0.368 e. The first-order valence-corrected chi connectivity index (χ1v) is 8.45. The van der Waals surface area contributed by atoms with Crippen molar-refractivity contribution in [2.45, 2.75) is 6.54 Å². The Bertz CT molecular complexity index is 1120. The number of rotatable bonds is 4. The fourth-order valence-electron chi connectivity index (χ4n) is 2.98. The van der Waals surface area contributed by atoms with Crippen molar-refractivity contribution >= 4 is 28.4 Å². The van der Waals surface area contributed by atoms with Crippen molar-refractivity contribution in [1.82, 2.24) is 14.8 Å². The number of primary amides is 1. The molecule has 0 bridgehead atoms. The number of fused-ring (bicyclic) bond motifs is 1. The summed E-state index contributed by atoms with van der Waals surface area (Å²) in [4.78, 5) is 15.4. The van der Waals surface area contributed by atoms with Gasteiger partial charge >= 0.3 is 0 Å². The lowest BCUT2D eigenvalue weighted by Crippen LogP contribution is -2.18. The predicted molar refractivity (Wildman–Crippen MR) is 103 cm³/mol. The second kappa shape index (κ2) is 6.61. The number of benzene rings is 2. The van der Waals surface area contributed by atoms with Crippen LogP contribution in [0.5, 0.6) is 0 Å². The molecule has 128 valence electrons. The van der Waals surface area contributed by atoms with E-state index < -0.39 is 5.91 Å². The highest BCUT2D eigenvalue weighted by atomic mass is 35.5. The SMILES string of the molecule is NC(=O)Cn1ccc(-c2cccc(-c3ccnc4cc(Cl)ccc34)c2)n1. The van der Waals surface area contributed by atoms with Crippen LogP contribution in [0, 0.1) is 0 Å². The predicted octanol–water partition coefficient (Wildman–Crippen LogP) is 3.90. The van der Waals surface area contributed by atoms with Crippen LogP contribution >= 0.6 is 11.6 Å². The number of carbonyl (C=O) groups is 1. The third kappa shape index (κ3) is 3.17. The maximum atomic E-state index is 11.0. The lowest BCUT2D eigenvalue weighted by Gasteiger charge is -2.08. The molecule has 26 heavy (non-hydrogen) atoms. The van der Waals surface area contributed by atoms with Gasteiger partial charge in [-0.15, -0.1) is 0 Å². The largest absolute Gasteiger partial charge is 0.368 e. The highest BCUT2D eigenvalue weighted by Crippen LogP contribution is 2.31. The van der Waals surface area contributed by atoms with Crippen molar-refractivity contribution in [3.63, 3.8) is 0 Å². The third-order valence-corrected chi connectivity index (χ3v) is 4.37. The van der Waals surface area contributed by atoms with Crippen LogP contribution in [0.25, 0.3) is 33.3 Å². The van der Waals surface area contributed by atoms with Gasteiger partial charge in [-0.2, -0.15) is 5.10 Å². The number of carbonyl (C=O) groups excluding carboxylic acids is 1. The van der Waals surface area contributed by atoms with Gasteiger partial charge in [-0.25, -0.2) is 0 Å². The minimum atomic E-state index is -0.421. The van der Waals surface area contributed by atoms with Gasteiger partial charge in [-0.05, 0) is 41.5 Å². The Morgan fingerprint density at radius 3 is 2.77 bits per heavy atom. The summed E-state index contributed by atoms with van der Waals surface area (Å²) < 4.78 is 1.54. The number of hydrogen-bond donors (Lipinski definition) is 1. The molecule has 0 saturated heterocycles. The molecule has 2 aromatic heterocycles. The molecule has 2 N–H and O–H groups in total. The average Bonchev–Trinajstić information content (AvgIpc) is 3.09. The monoisotopic (exact) mass is 362 g/mol. The molecule has 1 amide bonds. The number of aromatic nitrogens is 3. The summed E-state index contributed by atoms with van der Waals surface area (Å²) in [5.41, 5.74) is 9.95. The number of halogens is 1. The van der Waals surface area contributed by atoms with E-state index >= 15 is 0 Å². The molecule has 0 atom stereocenters. The molecule has 0 fully saturated rings. The molecule has 0 aliphatic carbocycles. The van der Waals surface area contributed by atoms with Crippen LogP contribution in [0.2, 0.25) is 5.02 Å². The van der Waals surface area contributed by atoms with Crippen LogP contribution in [-0.2, 0) is 11.3 Å². The van der Waals surface area contributed by atoms with E-state index in [1.807, 2.05) is 48.5 Å². The Morgan fingerprint density at radius 2 is 1.92 bits per heavy atom. The molecular weight excluding hydrogens is 348 g/mol. The molecule has 0 saturated carbocycles. The Kier molecular flexibility index (Phi) is 4.14. The summed E-state index contributed by atoms with van der Waals surface area (Å²) in [7, 11) is 0. The molecule has 5 nitrogen and oxygen atoms in total. The van der Waals surface area contributed by atoms with Gasteiger partial charge in [0.05, 0.1) is 11.2 Å². The van der Waals surface area contributed by atoms with E-state index in [1.165, 1.54) is 4.68 Å². The van der Waals surface area contributed by atoms with E-state index in [9.17, 15) is 4.79 Å². The number of pyridine rings is 1. The fourth-order valence-corrected chi connectivity index (χ4v) is 3.15. The molecule has 2 aromatic carbocycles. The van der Waals surface area contributed by atoms with Gasteiger partial charge in [0.2, 0.25) is 5.91 Å². The molecule has 4 rings (SSSR count). The molecule has 0 spiro atoms. The van der Waals surface area contributed by atoms with Gasteiger partial charge in [0.15, 0.2) is 0 Å². The summed E-state index contributed by atoms with van der Waals surface area (Å²) >= 11 is 6.08. The van der Waals surface area contributed by atoms with Crippen molar-refractivity contribution in [3.8, 4) is 22.4 Å². The number of hydrogen-bond acceptors (Lipinski definition) is 3.